The van der Waals surface area contributed by atoms with E-state index in [1.54, 1.807) is 43.5 Å². The first-order valence-electron chi connectivity index (χ1n) is 6.38. The molecule has 2 aromatic carbocycles. The highest BCUT2D eigenvalue weighted by Gasteiger charge is 2.14. The van der Waals surface area contributed by atoms with Crippen LogP contribution in [0.1, 0.15) is 0 Å². The molecule has 22 heavy (non-hydrogen) atoms. The lowest BCUT2D eigenvalue weighted by atomic mass is 10.3. The molecule has 0 aromatic heterocycles. The number of hydrogen-bond acceptors (Lipinski definition) is 4. The van der Waals surface area contributed by atoms with Crippen molar-refractivity contribution >= 4 is 15.7 Å². The van der Waals surface area contributed by atoms with Crippen LogP contribution in [-0.4, -0.2) is 22.1 Å². The minimum atomic E-state index is -3.66. The molecule has 0 spiro atoms. The Morgan fingerprint density at radius 2 is 1.64 bits per heavy atom. The maximum atomic E-state index is 12.3. The van der Waals surface area contributed by atoms with E-state index in [-0.39, 0.29) is 11.5 Å². The largest absolute Gasteiger partial charge is 0.497 e. The zero-order chi connectivity index (χ0) is 16.0. The quantitative estimate of drug-likeness (QED) is 0.832. The molecule has 0 aliphatic heterocycles. The number of terminal acetylenes is 1. The fraction of sp³-hybridized carbons (Fsp3) is 0.125. The number of anilines is 1. The summed E-state index contributed by atoms with van der Waals surface area (Å²) in [6, 6.07) is 12.6. The monoisotopic (exact) mass is 317 g/mol. The maximum Gasteiger partial charge on any atom is 0.261 e. The minimum absolute atomic E-state index is 0.135. The lowest BCUT2D eigenvalue weighted by Crippen LogP contribution is -2.12. The average molecular weight is 317 g/mol. The van der Waals surface area contributed by atoms with Crippen molar-refractivity contribution in [2.45, 2.75) is 4.90 Å². The molecule has 0 fully saturated rings. The number of ether oxygens (including phenoxy) is 2. The highest BCUT2D eigenvalue weighted by atomic mass is 32.2. The molecule has 0 aliphatic carbocycles. The molecule has 0 unspecified atom stereocenters. The van der Waals surface area contributed by atoms with E-state index in [0.29, 0.717) is 17.2 Å². The second-order valence-corrected chi connectivity index (χ2v) is 5.98. The second-order valence-electron chi connectivity index (χ2n) is 4.30. The smallest absolute Gasteiger partial charge is 0.261 e. The Balaban J connectivity index is 2.13. The summed E-state index contributed by atoms with van der Waals surface area (Å²) in [5, 5.41) is 0. The molecule has 0 saturated carbocycles. The molecule has 0 heterocycles. The van der Waals surface area contributed by atoms with Crippen molar-refractivity contribution in [1.29, 1.82) is 0 Å². The van der Waals surface area contributed by atoms with Gasteiger partial charge >= 0.3 is 0 Å². The van der Waals surface area contributed by atoms with Gasteiger partial charge in [-0.3, -0.25) is 4.72 Å². The molecule has 0 atom stereocenters. The van der Waals surface area contributed by atoms with E-state index in [1.807, 2.05) is 0 Å². The third-order valence-electron chi connectivity index (χ3n) is 2.80. The molecule has 0 radical (unpaired) electrons. The molecule has 0 aliphatic rings. The number of sulfonamides is 1. The van der Waals surface area contributed by atoms with E-state index in [9.17, 15) is 8.42 Å². The van der Waals surface area contributed by atoms with Gasteiger partial charge in [0.25, 0.3) is 10.0 Å². The van der Waals surface area contributed by atoms with E-state index < -0.39 is 10.0 Å². The second kappa shape index (κ2) is 6.87. The van der Waals surface area contributed by atoms with Gasteiger partial charge in [0.15, 0.2) is 0 Å². The van der Waals surface area contributed by atoms with Crippen molar-refractivity contribution in [3.63, 3.8) is 0 Å². The van der Waals surface area contributed by atoms with Gasteiger partial charge in [-0.25, -0.2) is 8.42 Å². The van der Waals surface area contributed by atoms with Gasteiger partial charge in [-0.1, -0.05) is 5.92 Å². The van der Waals surface area contributed by atoms with Crippen molar-refractivity contribution in [2.75, 3.05) is 18.4 Å². The van der Waals surface area contributed by atoms with Crippen LogP contribution in [0.15, 0.2) is 53.4 Å². The van der Waals surface area contributed by atoms with E-state index in [0.717, 1.165) is 0 Å². The summed E-state index contributed by atoms with van der Waals surface area (Å²) in [6.07, 6.45) is 5.09. The Morgan fingerprint density at radius 1 is 1.05 bits per heavy atom. The number of hydrogen-bond donors (Lipinski definition) is 1. The molecule has 5 nitrogen and oxygen atoms in total. The normalized spacial score (nSPS) is 10.5. The highest BCUT2D eigenvalue weighted by Crippen LogP contribution is 2.21. The van der Waals surface area contributed by atoms with Gasteiger partial charge in [0.05, 0.1) is 12.0 Å². The molecule has 0 amide bonds. The Morgan fingerprint density at radius 3 is 2.18 bits per heavy atom. The maximum absolute atomic E-state index is 12.3. The number of rotatable bonds is 6. The molecule has 0 bridgehead atoms. The van der Waals surface area contributed by atoms with Gasteiger partial charge in [0.2, 0.25) is 0 Å². The van der Waals surface area contributed by atoms with Crippen LogP contribution in [0.5, 0.6) is 11.5 Å². The zero-order valence-corrected chi connectivity index (χ0v) is 12.8. The van der Waals surface area contributed by atoms with E-state index >= 15 is 0 Å². The predicted molar refractivity (Wildman–Crippen MR) is 84.6 cm³/mol. The van der Waals surface area contributed by atoms with Gasteiger partial charge in [-0.15, -0.1) is 6.42 Å². The van der Waals surface area contributed by atoms with E-state index in [4.69, 9.17) is 15.9 Å². The molecule has 1 N–H and O–H groups in total. The first-order valence-corrected chi connectivity index (χ1v) is 7.86. The first-order chi connectivity index (χ1) is 10.5. The summed E-state index contributed by atoms with van der Waals surface area (Å²) < 4.78 is 37.2. The van der Waals surface area contributed by atoms with Gasteiger partial charge in [-0.05, 0) is 48.5 Å². The Kier molecular flexibility index (Phi) is 4.92. The molecule has 6 heteroatoms. The van der Waals surface area contributed by atoms with Crippen LogP contribution in [0.25, 0.3) is 0 Å². The van der Waals surface area contributed by atoms with Crippen LogP contribution in [-0.2, 0) is 10.0 Å². The third-order valence-corrected chi connectivity index (χ3v) is 4.20. The SMILES string of the molecule is C#CCOc1ccc(S(=O)(=O)Nc2ccc(OC)cc2)cc1. The van der Waals surface area contributed by atoms with Crippen LogP contribution in [0.3, 0.4) is 0 Å². The van der Waals surface area contributed by atoms with Crippen LogP contribution in [0.4, 0.5) is 5.69 Å². The van der Waals surface area contributed by atoms with Crippen molar-refractivity contribution in [3.8, 4) is 23.8 Å². The fourth-order valence-corrected chi connectivity index (χ4v) is 2.77. The van der Waals surface area contributed by atoms with Gasteiger partial charge < -0.3 is 9.47 Å². The zero-order valence-electron chi connectivity index (χ0n) is 11.9. The van der Waals surface area contributed by atoms with E-state index in [1.165, 1.54) is 12.1 Å². The fourth-order valence-electron chi connectivity index (χ4n) is 1.71. The summed E-state index contributed by atoms with van der Waals surface area (Å²) in [7, 11) is -2.11. The summed E-state index contributed by atoms with van der Waals surface area (Å²) in [5.74, 6) is 3.51. The summed E-state index contributed by atoms with van der Waals surface area (Å²) in [5.41, 5.74) is 0.452. The standard InChI is InChI=1S/C16H15NO4S/c1-3-12-21-15-8-10-16(11-9-15)22(18,19)17-13-4-6-14(20-2)7-5-13/h1,4-11,17H,12H2,2H3. The molecular weight excluding hydrogens is 302 g/mol. The van der Waals surface area contributed by atoms with Crippen LogP contribution >= 0.6 is 0 Å². The lowest BCUT2D eigenvalue weighted by Gasteiger charge is -2.09. The molecule has 2 rings (SSSR count). The molecular formula is C16H15NO4S. The number of benzene rings is 2. The van der Waals surface area contributed by atoms with Crippen LogP contribution in [0, 0.1) is 12.3 Å². The third kappa shape index (κ3) is 3.93. The number of nitrogens with one attached hydrogen (secondary N) is 1. The van der Waals surface area contributed by atoms with Gasteiger partial charge in [0, 0.05) is 5.69 Å². The Hall–Kier alpha value is -2.65. The Bertz CT molecular complexity index is 759. The van der Waals surface area contributed by atoms with Crippen molar-refractivity contribution in [3.05, 3.63) is 48.5 Å². The van der Waals surface area contributed by atoms with Crippen LogP contribution < -0.4 is 14.2 Å². The average Bonchev–Trinajstić information content (AvgIpc) is 2.53. The lowest BCUT2D eigenvalue weighted by molar-refractivity contribution is 0.370. The summed E-state index contributed by atoms with van der Waals surface area (Å²) in [6.45, 7) is 0.135. The van der Waals surface area contributed by atoms with Crippen molar-refractivity contribution < 1.29 is 17.9 Å². The summed E-state index contributed by atoms with van der Waals surface area (Å²) in [4.78, 5) is 0.136. The van der Waals surface area contributed by atoms with Crippen molar-refractivity contribution in [2.24, 2.45) is 0 Å². The van der Waals surface area contributed by atoms with Crippen LogP contribution in [0.2, 0.25) is 0 Å². The van der Waals surface area contributed by atoms with Gasteiger partial charge in [-0.2, -0.15) is 0 Å². The Labute approximate surface area is 129 Å². The predicted octanol–water partition coefficient (Wildman–Crippen LogP) is 2.51. The molecule has 114 valence electrons. The first kappa shape index (κ1) is 15.7. The van der Waals surface area contributed by atoms with E-state index in [2.05, 4.69) is 10.6 Å². The topological polar surface area (TPSA) is 64.6 Å². The molecule has 2 aromatic rings. The minimum Gasteiger partial charge on any atom is -0.497 e. The van der Waals surface area contributed by atoms with Crippen molar-refractivity contribution in [1.82, 2.24) is 0 Å². The highest BCUT2D eigenvalue weighted by molar-refractivity contribution is 7.92. The van der Waals surface area contributed by atoms with Gasteiger partial charge in [0.1, 0.15) is 18.1 Å². The molecule has 0 saturated heterocycles. The number of methoxy groups -OCH3 is 1. The summed E-state index contributed by atoms with van der Waals surface area (Å²) >= 11 is 0.